The number of piperazine rings is 1. The van der Waals surface area contributed by atoms with Crippen molar-refractivity contribution in [2.75, 3.05) is 46.3 Å². The molecule has 1 saturated heterocycles. The maximum Gasteiger partial charge on any atom is 0.216 e. The van der Waals surface area contributed by atoms with Crippen LogP contribution in [0.5, 0.6) is 0 Å². The summed E-state index contributed by atoms with van der Waals surface area (Å²) in [6, 6.07) is 0.480. The number of nitrogens with one attached hydrogen (secondary N) is 2. The van der Waals surface area contributed by atoms with Crippen molar-refractivity contribution in [3.63, 3.8) is 0 Å². The van der Waals surface area contributed by atoms with Crippen LogP contribution in [0.25, 0.3) is 0 Å². The minimum atomic E-state index is 0.451. The summed E-state index contributed by atoms with van der Waals surface area (Å²) in [6.45, 7) is 14.9. The van der Waals surface area contributed by atoms with E-state index in [-0.39, 0.29) is 0 Å². The van der Waals surface area contributed by atoms with Crippen LogP contribution in [0.15, 0.2) is 9.41 Å². The molecule has 7 heteroatoms. The quantitative estimate of drug-likeness (QED) is 0.596. The van der Waals surface area contributed by atoms with Gasteiger partial charge in [0.05, 0.1) is 5.69 Å². The van der Waals surface area contributed by atoms with Crippen molar-refractivity contribution >= 4 is 5.96 Å². The van der Waals surface area contributed by atoms with Crippen LogP contribution in [-0.2, 0) is 6.54 Å². The highest BCUT2D eigenvalue weighted by Crippen LogP contribution is 2.09. The first-order valence-electron chi connectivity index (χ1n) is 8.87. The van der Waals surface area contributed by atoms with E-state index in [1.807, 2.05) is 13.8 Å². The Morgan fingerprint density at radius 3 is 2.54 bits per heavy atom. The van der Waals surface area contributed by atoms with Crippen molar-refractivity contribution in [1.29, 1.82) is 0 Å². The second kappa shape index (κ2) is 9.03. The lowest BCUT2D eigenvalue weighted by Crippen LogP contribution is -2.52. The largest absolute Gasteiger partial charge is 0.444 e. The lowest BCUT2D eigenvalue weighted by atomic mass is 10.2. The van der Waals surface area contributed by atoms with Crippen LogP contribution in [-0.4, -0.2) is 73.1 Å². The Kier molecular flexibility index (Phi) is 7.05. The number of aryl methyl sites for hydroxylation is 2. The molecule has 24 heavy (non-hydrogen) atoms. The van der Waals surface area contributed by atoms with Crippen LogP contribution in [0.1, 0.15) is 31.2 Å². The van der Waals surface area contributed by atoms with E-state index >= 15 is 0 Å². The van der Waals surface area contributed by atoms with Crippen LogP contribution in [0.4, 0.5) is 0 Å². The Labute approximate surface area is 145 Å². The van der Waals surface area contributed by atoms with Crippen molar-refractivity contribution < 1.29 is 4.42 Å². The maximum absolute atomic E-state index is 5.59. The van der Waals surface area contributed by atoms with Gasteiger partial charge < -0.3 is 20.0 Å². The molecule has 0 radical (unpaired) electrons. The Morgan fingerprint density at radius 2 is 1.96 bits per heavy atom. The van der Waals surface area contributed by atoms with E-state index < -0.39 is 0 Å². The van der Waals surface area contributed by atoms with Gasteiger partial charge in [0, 0.05) is 45.3 Å². The number of oxazole rings is 1. The average Bonchev–Trinajstić information content (AvgIpc) is 2.88. The van der Waals surface area contributed by atoms with E-state index in [0.717, 1.165) is 56.7 Å². The minimum Gasteiger partial charge on any atom is -0.444 e. The molecule has 1 fully saturated rings. The van der Waals surface area contributed by atoms with Crippen LogP contribution in [0, 0.1) is 13.8 Å². The van der Waals surface area contributed by atoms with Crippen LogP contribution in [0.2, 0.25) is 0 Å². The van der Waals surface area contributed by atoms with Gasteiger partial charge in [-0.3, -0.25) is 4.90 Å². The smallest absolute Gasteiger partial charge is 0.216 e. The number of nitrogens with zero attached hydrogens (tertiary/aromatic N) is 4. The van der Waals surface area contributed by atoms with E-state index in [1.165, 1.54) is 0 Å². The fourth-order valence-electron chi connectivity index (χ4n) is 2.73. The molecule has 2 N–H and O–H groups in total. The van der Waals surface area contributed by atoms with E-state index in [4.69, 9.17) is 4.42 Å². The molecule has 2 heterocycles. The zero-order chi connectivity index (χ0) is 17.5. The molecule has 1 aliphatic heterocycles. The number of hydrogen-bond acceptors (Lipinski definition) is 5. The number of aliphatic imine (C=N–C) groups is 1. The Hall–Kier alpha value is -1.60. The summed E-state index contributed by atoms with van der Waals surface area (Å²) in [7, 11) is 2.18. The molecule has 0 aromatic carbocycles. The van der Waals surface area contributed by atoms with Crippen molar-refractivity contribution in [3.05, 3.63) is 17.3 Å². The van der Waals surface area contributed by atoms with Crippen molar-refractivity contribution in [2.45, 2.75) is 40.3 Å². The number of likely N-dealkylation sites (N-methyl/N-ethyl adjacent to an activating group) is 1. The van der Waals surface area contributed by atoms with Crippen LogP contribution < -0.4 is 10.6 Å². The molecule has 0 aliphatic carbocycles. The standard InChI is InChI=1S/C17H32N6O/c1-6-18-17(20-12-16-21-14(3)15(4)24-16)19-11-13(2)23-9-7-22(5)8-10-23/h13H,6-12H2,1-5H3,(H2,18,19,20). The maximum atomic E-state index is 5.59. The zero-order valence-electron chi connectivity index (χ0n) is 15.7. The van der Waals surface area contributed by atoms with E-state index in [1.54, 1.807) is 0 Å². The van der Waals surface area contributed by atoms with Gasteiger partial charge in [-0.1, -0.05) is 0 Å². The van der Waals surface area contributed by atoms with Gasteiger partial charge in [0.25, 0.3) is 0 Å². The number of hydrogen-bond donors (Lipinski definition) is 2. The Morgan fingerprint density at radius 1 is 1.25 bits per heavy atom. The molecular weight excluding hydrogens is 304 g/mol. The van der Waals surface area contributed by atoms with E-state index in [0.29, 0.717) is 18.5 Å². The molecule has 1 aliphatic rings. The third-order valence-corrected chi connectivity index (χ3v) is 4.52. The summed E-state index contributed by atoms with van der Waals surface area (Å²) in [5.74, 6) is 2.34. The predicted octanol–water partition coefficient (Wildman–Crippen LogP) is 0.982. The monoisotopic (exact) mass is 336 g/mol. The van der Waals surface area contributed by atoms with Crippen molar-refractivity contribution in [3.8, 4) is 0 Å². The molecule has 136 valence electrons. The summed E-state index contributed by atoms with van der Waals surface area (Å²) in [5.41, 5.74) is 0.932. The highest BCUT2D eigenvalue weighted by molar-refractivity contribution is 5.79. The molecule has 1 atom stereocenters. The van der Waals surface area contributed by atoms with Gasteiger partial charge in [-0.15, -0.1) is 0 Å². The molecule has 0 saturated carbocycles. The van der Waals surface area contributed by atoms with Gasteiger partial charge in [-0.2, -0.15) is 0 Å². The molecule has 2 rings (SSSR count). The third kappa shape index (κ3) is 5.49. The van der Waals surface area contributed by atoms with Crippen LogP contribution in [0.3, 0.4) is 0 Å². The molecule has 0 bridgehead atoms. The van der Waals surface area contributed by atoms with E-state index in [2.05, 4.69) is 51.3 Å². The average molecular weight is 336 g/mol. The SMILES string of the molecule is CCNC(=NCc1nc(C)c(C)o1)NCC(C)N1CCN(C)CC1. The highest BCUT2D eigenvalue weighted by atomic mass is 16.4. The third-order valence-electron chi connectivity index (χ3n) is 4.52. The number of rotatable bonds is 6. The first-order valence-corrected chi connectivity index (χ1v) is 8.87. The highest BCUT2D eigenvalue weighted by Gasteiger charge is 2.19. The van der Waals surface area contributed by atoms with Gasteiger partial charge in [0.15, 0.2) is 5.96 Å². The van der Waals surface area contributed by atoms with Crippen molar-refractivity contribution in [2.24, 2.45) is 4.99 Å². The summed E-state index contributed by atoms with van der Waals surface area (Å²) in [5, 5.41) is 6.72. The Balaban J connectivity index is 1.84. The summed E-state index contributed by atoms with van der Waals surface area (Å²) >= 11 is 0. The second-order valence-corrected chi connectivity index (χ2v) is 6.51. The van der Waals surface area contributed by atoms with Gasteiger partial charge in [-0.05, 0) is 34.7 Å². The van der Waals surface area contributed by atoms with Gasteiger partial charge in [0.2, 0.25) is 5.89 Å². The lowest BCUT2D eigenvalue weighted by molar-refractivity contribution is 0.120. The molecule has 1 unspecified atom stereocenters. The van der Waals surface area contributed by atoms with Crippen molar-refractivity contribution in [1.82, 2.24) is 25.4 Å². The molecule has 1 aromatic rings. The molecule has 1 aromatic heterocycles. The fourth-order valence-corrected chi connectivity index (χ4v) is 2.73. The second-order valence-electron chi connectivity index (χ2n) is 6.51. The summed E-state index contributed by atoms with van der Waals surface area (Å²) < 4.78 is 5.59. The van der Waals surface area contributed by atoms with Gasteiger partial charge in [-0.25, -0.2) is 9.98 Å². The molecule has 0 amide bonds. The molecule has 7 nitrogen and oxygen atoms in total. The van der Waals surface area contributed by atoms with Gasteiger partial charge >= 0.3 is 0 Å². The number of guanidine groups is 1. The fraction of sp³-hybridized carbons (Fsp3) is 0.765. The zero-order valence-corrected chi connectivity index (χ0v) is 15.7. The molecular formula is C17H32N6O. The minimum absolute atomic E-state index is 0.451. The lowest BCUT2D eigenvalue weighted by Gasteiger charge is -2.36. The van der Waals surface area contributed by atoms with Crippen LogP contribution >= 0.6 is 0 Å². The normalized spacial score (nSPS) is 18.6. The topological polar surface area (TPSA) is 68.9 Å². The Bertz CT molecular complexity index is 514. The van der Waals surface area contributed by atoms with E-state index in [9.17, 15) is 0 Å². The predicted molar refractivity (Wildman–Crippen MR) is 97.3 cm³/mol. The first-order chi connectivity index (χ1) is 11.5. The van der Waals surface area contributed by atoms with Gasteiger partial charge in [0.1, 0.15) is 12.3 Å². The number of aromatic nitrogens is 1. The first kappa shape index (κ1) is 18.7. The summed E-state index contributed by atoms with van der Waals surface area (Å²) in [4.78, 5) is 13.9. The molecule has 0 spiro atoms. The summed E-state index contributed by atoms with van der Waals surface area (Å²) in [6.07, 6.45) is 0.